The lowest BCUT2D eigenvalue weighted by Crippen LogP contribution is -2.30. The lowest BCUT2D eigenvalue weighted by atomic mass is 9.80. The molecule has 1 saturated carbocycles. The molecule has 19 heavy (non-hydrogen) atoms. The Kier molecular flexibility index (Phi) is 5.39. The number of aromatic nitrogens is 2. The molecule has 0 aliphatic heterocycles. The van der Waals surface area contributed by atoms with E-state index in [9.17, 15) is 0 Å². The van der Waals surface area contributed by atoms with E-state index in [4.69, 9.17) is 15.2 Å². The van der Waals surface area contributed by atoms with Crippen LogP contribution in [0.25, 0.3) is 0 Å². The van der Waals surface area contributed by atoms with Gasteiger partial charge in [-0.05, 0) is 38.1 Å². The normalized spacial score (nSPS) is 23.1. The van der Waals surface area contributed by atoms with Crippen molar-refractivity contribution in [1.29, 1.82) is 0 Å². The molecular formula is C14H23N3O2. The lowest BCUT2D eigenvalue weighted by Gasteiger charge is -2.30. The van der Waals surface area contributed by atoms with Gasteiger partial charge in [0.15, 0.2) is 0 Å². The van der Waals surface area contributed by atoms with E-state index in [2.05, 4.69) is 9.97 Å². The predicted octanol–water partition coefficient (Wildman–Crippen LogP) is 2.02. The van der Waals surface area contributed by atoms with E-state index in [1.54, 1.807) is 12.4 Å². The number of nitrogens with two attached hydrogens (primary N) is 1. The fourth-order valence-corrected chi connectivity index (χ4v) is 2.62. The molecule has 2 rings (SSSR count). The van der Waals surface area contributed by atoms with E-state index in [0.717, 1.165) is 6.54 Å². The zero-order chi connectivity index (χ0) is 13.5. The van der Waals surface area contributed by atoms with Crippen LogP contribution < -0.4 is 15.2 Å². The Balaban J connectivity index is 1.88. The van der Waals surface area contributed by atoms with Crippen LogP contribution in [0.5, 0.6) is 11.8 Å². The molecule has 2 atom stereocenters. The van der Waals surface area contributed by atoms with Crippen LogP contribution in [0.4, 0.5) is 0 Å². The Morgan fingerprint density at radius 1 is 1.16 bits per heavy atom. The van der Waals surface area contributed by atoms with E-state index in [0.29, 0.717) is 36.8 Å². The van der Waals surface area contributed by atoms with E-state index < -0.39 is 0 Å². The van der Waals surface area contributed by atoms with Crippen molar-refractivity contribution in [3.05, 3.63) is 12.4 Å². The molecule has 0 saturated heterocycles. The van der Waals surface area contributed by atoms with Crippen LogP contribution in [0.15, 0.2) is 12.4 Å². The summed E-state index contributed by atoms with van der Waals surface area (Å²) in [5.41, 5.74) is 5.82. The number of hydrogen-bond donors (Lipinski definition) is 1. The van der Waals surface area contributed by atoms with Gasteiger partial charge in [0, 0.05) is 0 Å². The van der Waals surface area contributed by atoms with Gasteiger partial charge < -0.3 is 15.2 Å². The fraction of sp³-hybridized carbons (Fsp3) is 0.714. The largest absolute Gasteiger partial charge is 0.477 e. The molecule has 1 aliphatic carbocycles. The topological polar surface area (TPSA) is 70.3 Å². The quantitative estimate of drug-likeness (QED) is 0.852. The van der Waals surface area contributed by atoms with Gasteiger partial charge in [-0.15, -0.1) is 0 Å². The van der Waals surface area contributed by atoms with E-state index in [1.807, 2.05) is 6.92 Å². The molecule has 1 aromatic rings. The van der Waals surface area contributed by atoms with Crippen LogP contribution in [-0.2, 0) is 0 Å². The molecule has 5 nitrogen and oxygen atoms in total. The molecule has 1 fully saturated rings. The van der Waals surface area contributed by atoms with Crippen LogP contribution in [0.3, 0.4) is 0 Å². The summed E-state index contributed by atoms with van der Waals surface area (Å²) in [5.74, 6) is 2.17. The monoisotopic (exact) mass is 265 g/mol. The highest BCUT2D eigenvalue weighted by Crippen LogP contribution is 2.29. The molecule has 0 bridgehead atoms. The molecule has 0 aromatic carbocycles. The minimum absolute atomic E-state index is 0.513. The number of ether oxygens (including phenoxy) is 2. The van der Waals surface area contributed by atoms with Crippen molar-refractivity contribution < 1.29 is 9.47 Å². The maximum absolute atomic E-state index is 5.82. The van der Waals surface area contributed by atoms with Crippen molar-refractivity contribution in [1.82, 2.24) is 9.97 Å². The number of nitrogens with zero attached hydrogens (tertiary/aromatic N) is 2. The summed E-state index contributed by atoms with van der Waals surface area (Å²) in [6.45, 7) is 3.92. The summed E-state index contributed by atoms with van der Waals surface area (Å²) in [6, 6.07) is 0. The summed E-state index contributed by atoms with van der Waals surface area (Å²) < 4.78 is 11.1. The van der Waals surface area contributed by atoms with Crippen molar-refractivity contribution in [2.45, 2.75) is 32.6 Å². The maximum Gasteiger partial charge on any atom is 0.235 e. The first-order valence-corrected chi connectivity index (χ1v) is 7.11. The molecule has 0 spiro atoms. The van der Waals surface area contributed by atoms with Gasteiger partial charge in [0.1, 0.15) is 0 Å². The van der Waals surface area contributed by atoms with Gasteiger partial charge in [0.05, 0.1) is 25.6 Å². The van der Waals surface area contributed by atoms with Crippen LogP contribution >= 0.6 is 0 Å². The molecular weight excluding hydrogens is 242 g/mol. The van der Waals surface area contributed by atoms with Crippen molar-refractivity contribution in [3.63, 3.8) is 0 Å². The zero-order valence-electron chi connectivity index (χ0n) is 11.5. The third-order valence-electron chi connectivity index (χ3n) is 3.70. The van der Waals surface area contributed by atoms with Crippen molar-refractivity contribution in [3.8, 4) is 11.8 Å². The highest BCUT2D eigenvalue weighted by atomic mass is 16.5. The van der Waals surface area contributed by atoms with Crippen LogP contribution in [0.1, 0.15) is 32.6 Å². The average Bonchev–Trinajstić information content (AvgIpc) is 2.46. The van der Waals surface area contributed by atoms with Crippen molar-refractivity contribution in [2.75, 3.05) is 19.8 Å². The summed E-state index contributed by atoms with van der Waals surface area (Å²) in [7, 11) is 0. The van der Waals surface area contributed by atoms with Crippen LogP contribution in [-0.4, -0.2) is 29.7 Å². The average molecular weight is 265 g/mol. The maximum atomic E-state index is 5.82. The van der Waals surface area contributed by atoms with Gasteiger partial charge in [0.2, 0.25) is 11.8 Å². The summed E-state index contributed by atoms with van der Waals surface area (Å²) in [5, 5.41) is 0. The molecule has 0 amide bonds. The molecule has 1 aliphatic rings. The van der Waals surface area contributed by atoms with Gasteiger partial charge in [-0.25, -0.2) is 0 Å². The van der Waals surface area contributed by atoms with Gasteiger partial charge in [-0.3, -0.25) is 4.98 Å². The lowest BCUT2D eigenvalue weighted by molar-refractivity contribution is 0.148. The molecule has 5 heteroatoms. The third-order valence-corrected chi connectivity index (χ3v) is 3.70. The Hall–Kier alpha value is -1.36. The van der Waals surface area contributed by atoms with Crippen molar-refractivity contribution in [2.24, 2.45) is 17.6 Å². The van der Waals surface area contributed by atoms with Gasteiger partial charge in [-0.2, -0.15) is 4.98 Å². The molecule has 1 heterocycles. The summed E-state index contributed by atoms with van der Waals surface area (Å²) >= 11 is 0. The Morgan fingerprint density at radius 2 is 1.84 bits per heavy atom. The first-order chi connectivity index (χ1) is 9.33. The standard InChI is InChI=1S/C14H23N3O2/c1-2-18-13-8-16-9-14(17-13)19-10-12-6-4-3-5-11(12)7-15/h8-9,11-12H,2-7,10,15H2,1H3. The van der Waals surface area contributed by atoms with E-state index >= 15 is 0 Å². The summed E-state index contributed by atoms with van der Waals surface area (Å²) in [4.78, 5) is 8.33. The van der Waals surface area contributed by atoms with Gasteiger partial charge in [-0.1, -0.05) is 12.8 Å². The van der Waals surface area contributed by atoms with Crippen molar-refractivity contribution >= 4 is 0 Å². The van der Waals surface area contributed by atoms with Gasteiger partial charge in [0.25, 0.3) is 0 Å². The Bertz CT molecular complexity index is 387. The predicted molar refractivity (Wildman–Crippen MR) is 73.2 cm³/mol. The first kappa shape index (κ1) is 14.1. The Morgan fingerprint density at radius 3 is 2.53 bits per heavy atom. The van der Waals surface area contributed by atoms with Crippen LogP contribution in [0.2, 0.25) is 0 Å². The number of rotatable bonds is 6. The highest BCUT2D eigenvalue weighted by molar-refractivity contribution is 5.12. The van der Waals surface area contributed by atoms with Crippen LogP contribution in [0, 0.1) is 11.8 Å². The van der Waals surface area contributed by atoms with E-state index in [1.165, 1.54) is 25.7 Å². The highest BCUT2D eigenvalue weighted by Gasteiger charge is 2.24. The molecule has 0 radical (unpaired) electrons. The molecule has 1 aromatic heterocycles. The smallest absolute Gasteiger partial charge is 0.235 e. The number of hydrogen-bond acceptors (Lipinski definition) is 5. The minimum atomic E-state index is 0.513. The first-order valence-electron chi connectivity index (χ1n) is 7.11. The second-order valence-electron chi connectivity index (χ2n) is 4.98. The second-order valence-corrected chi connectivity index (χ2v) is 4.98. The minimum Gasteiger partial charge on any atom is -0.477 e. The Labute approximate surface area is 114 Å². The van der Waals surface area contributed by atoms with E-state index in [-0.39, 0.29) is 0 Å². The summed E-state index contributed by atoms with van der Waals surface area (Å²) in [6.07, 6.45) is 8.20. The molecule has 2 unspecified atom stereocenters. The fourth-order valence-electron chi connectivity index (χ4n) is 2.62. The zero-order valence-corrected chi connectivity index (χ0v) is 11.5. The molecule has 106 valence electrons. The van der Waals surface area contributed by atoms with Gasteiger partial charge >= 0.3 is 0 Å². The molecule has 2 N–H and O–H groups in total. The second kappa shape index (κ2) is 7.28. The third kappa shape index (κ3) is 4.06. The SMILES string of the molecule is CCOc1cncc(OCC2CCCCC2CN)n1.